The van der Waals surface area contributed by atoms with Crippen molar-refractivity contribution in [1.29, 1.82) is 0 Å². The van der Waals surface area contributed by atoms with E-state index in [1.165, 1.54) is 302 Å². The van der Waals surface area contributed by atoms with Crippen LogP contribution in [-0.2, 0) is 28.6 Å². The molecule has 6 heteroatoms. The Hall–Kier alpha value is -2.11. The number of hydrogen-bond acceptors (Lipinski definition) is 6. The average Bonchev–Trinajstić information content (AvgIpc) is 3.45. The number of unbranched alkanes of at least 4 members (excludes halogenated alkanes) is 52. The zero-order valence-corrected chi connectivity index (χ0v) is 53.7. The lowest BCUT2D eigenvalue weighted by molar-refractivity contribution is -0.167. The number of hydrogen-bond donors (Lipinski definition) is 0. The molecule has 0 aliphatic rings. The Balaban J connectivity index is 3.98. The van der Waals surface area contributed by atoms with Crippen molar-refractivity contribution in [3.8, 4) is 0 Å². The highest BCUT2D eigenvalue weighted by Crippen LogP contribution is 2.19. The van der Waals surface area contributed by atoms with Crippen molar-refractivity contribution in [3.05, 3.63) is 24.3 Å². The van der Waals surface area contributed by atoms with Crippen LogP contribution < -0.4 is 0 Å². The summed E-state index contributed by atoms with van der Waals surface area (Å²) in [5, 5.41) is 0. The van der Waals surface area contributed by atoms with Crippen molar-refractivity contribution in [1.82, 2.24) is 0 Å². The van der Waals surface area contributed by atoms with Crippen molar-refractivity contribution in [3.63, 3.8) is 0 Å². The highest BCUT2D eigenvalue weighted by Gasteiger charge is 2.19. The summed E-state index contributed by atoms with van der Waals surface area (Å²) in [4.78, 5) is 38.2. The number of esters is 3. The van der Waals surface area contributed by atoms with E-state index in [-0.39, 0.29) is 31.1 Å². The van der Waals surface area contributed by atoms with Gasteiger partial charge in [0.05, 0.1) is 0 Å². The van der Waals surface area contributed by atoms with E-state index >= 15 is 0 Å². The summed E-state index contributed by atoms with van der Waals surface area (Å²) in [6.07, 6.45) is 83.9. The largest absolute Gasteiger partial charge is 0.462 e. The lowest BCUT2D eigenvalue weighted by Crippen LogP contribution is -2.30. The molecule has 0 spiro atoms. The maximum atomic E-state index is 12.9. The first kappa shape index (κ1) is 76.9. The Morgan fingerprint density at radius 1 is 0.253 bits per heavy atom. The average molecular weight is 1110 g/mol. The van der Waals surface area contributed by atoms with Gasteiger partial charge in [-0.2, -0.15) is 0 Å². The SMILES string of the molecule is CCCCCCC/C=C\C/C=C\CCCCCCCCCCCCCCCCCCCCCC(=O)OCC(COC(=O)CCCCCCCCC)OC(=O)CCCCCCCCCCCCCCCCCCCCCCCCC. The summed E-state index contributed by atoms with van der Waals surface area (Å²) in [5.41, 5.74) is 0. The fourth-order valence-electron chi connectivity index (χ4n) is 11.1. The van der Waals surface area contributed by atoms with Crippen molar-refractivity contribution in [2.24, 2.45) is 0 Å². The molecule has 0 aliphatic carbocycles. The van der Waals surface area contributed by atoms with Gasteiger partial charge in [-0.05, 0) is 51.4 Å². The Bertz CT molecular complexity index is 1270. The fraction of sp³-hybridized carbons (Fsp3) is 0.904. The molecule has 0 rings (SSSR count). The third-order valence-electron chi connectivity index (χ3n) is 16.5. The van der Waals surface area contributed by atoms with Gasteiger partial charge in [-0.3, -0.25) is 14.4 Å². The topological polar surface area (TPSA) is 78.9 Å². The van der Waals surface area contributed by atoms with Crippen LogP contribution in [0.4, 0.5) is 0 Å². The van der Waals surface area contributed by atoms with Gasteiger partial charge in [0.15, 0.2) is 6.10 Å². The Morgan fingerprint density at radius 3 is 0.696 bits per heavy atom. The molecule has 1 atom stereocenters. The highest BCUT2D eigenvalue weighted by atomic mass is 16.6. The predicted molar refractivity (Wildman–Crippen MR) is 344 cm³/mol. The fourth-order valence-corrected chi connectivity index (χ4v) is 11.1. The van der Waals surface area contributed by atoms with E-state index in [4.69, 9.17) is 14.2 Å². The van der Waals surface area contributed by atoms with Crippen LogP contribution >= 0.6 is 0 Å². The molecule has 0 saturated carbocycles. The minimum atomic E-state index is -0.764. The number of ether oxygens (including phenoxy) is 3. The minimum absolute atomic E-state index is 0.0640. The van der Waals surface area contributed by atoms with Gasteiger partial charge in [0, 0.05) is 19.3 Å². The van der Waals surface area contributed by atoms with Crippen molar-refractivity contribution < 1.29 is 28.6 Å². The number of carbonyl (C=O) groups excluding carboxylic acids is 3. The summed E-state index contributed by atoms with van der Waals surface area (Å²) < 4.78 is 16.9. The van der Waals surface area contributed by atoms with Crippen LogP contribution in [0.2, 0.25) is 0 Å². The lowest BCUT2D eigenvalue weighted by Gasteiger charge is -2.18. The molecule has 0 aromatic carbocycles. The normalized spacial score (nSPS) is 12.1. The van der Waals surface area contributed by atoms with E-state index in [1.54, 1.807) is 0 Å². The van der Waals surface area contributed by atoms with E-state index in [1.807, 2.05) is 0 Å². The van der Waals surface area contributed by atoms with E-state index in [0.29, 0.717) is 19.3 Å². The second-order valence-electron chi connectivity index (χ2n) is 24.5. The molecular weight excluding hydrogens is 973 g/mol. The molecule has 0 heterocycles. The van der Waals surface area contributed by atoms with Gasteiger partial charge >= 0.3 is 17.9 Å². The quantitative estimate of drug-likeness (QED) is 0.0261. The zero-order chi connectivity index (χ0) is 57.1. The molecular formula is C73H138O6. The van der Waals surface area contributed by atoms with Crippen LogP contribution in [-0.4, -0.2) is 37.2 Å². The Labute approximate surface area is 493 Å². The summed E-state index contributed by atoms with van der Waals surface area (Å²) in [7, 11) is 0. The van der Waals surface area contributed by atoms with Gasteiger partial charge < -0.3 is 14.2 Å². The van der Waals surface area contributed by atoms with E-state index in [0.717, 1.165) is 64.2 Å². The molecule has 0 N–H and O–H groups in total. The second-order valence-corrected chi connectivity index (χ2v) is 24.5. The van der Waals surface area contributed by atoms with Gasteiger partial charge in [0.25, 0.3) is 0 Å². The predicted octanol–water partition coefficient (Wildman–Crippen LogP) is 24.6. The first-order valence-electron chi connectivity index (χ1n) is 35.8. The number of carbonyl (C=O) groups is 3. The number of rotatable bonds is 67. The van der Waals surface area contributed by atoms with E-state index in [2.05, 4.69) is 45.1 Å². The van der Waals surface area contributed by atoms with Gasteiger partial charge in [-0.15, -0.1) is 0 Å². The van der Waals surface area contributed by atoms with Crippen molar-refractivity contribution >= 4 is 17.9 Å². The van der Waals surface area contributed by atoms with Gasteiger partial charge in [0.2, 0.25) is 0 Å². The van der Waals surface area contributed by atoms with Crippen LogP contribution in [0.3, 0.4) is 0 Å². The Kier molecular flexibility index (Phi) is 66.6. The van der Waals surface area contributed by atoms with Gasteiger partial charge in [-0.25, -0.2) is 0 Å². The van der Waals surface area contributed by atoms with Crippen LogP contribution in [0, 0.1) is 0 Å². The molecule has 6 nitrogen and oxygen atoms in total. The molecule has 1 unspecified atom stereocenters. The van der Waals surface area contributed by atoms with Crippen LogP contribution in [0.5, 0.6) is 0 Å². The number of allylic oxidation sites excluding steroid dienone is 4. The lowest BCUT2D eigenvalue weighted by atomic mass is 10.0. The smallest absolute Gasteiger partial charge is 0.306 e. The van der Waals surface area contributed by atoms with Crippen LogP contribution in [0.15, 0.2) is 24.3 Å². The maximum Gasteiger partial charge on any atom is 0.306 e. The molecule has 0 aromatic rings. The van der Waals surface area contributed by atoms with Gasteiger partial charge in [0.1, 0.15) is 13.2 Å². The minimum Gasteiger partial charge on any atom is -0.462 e. The maximum absolute atomic E-state index is 12.9. The third kappa shape index (κ3) is 66.6. The molecule has 0 aliphatic heterocycles. The molecule has 0 saturated heterocycles. The van der Waals surface area contributed by atoms with E-state index in [9.17, 15) is 14.4 Å². The molecule has 466 valence electrons. The second kappa shape index (κ2) is 68.4. The van der Waals surface area contributed by atoms with Crippen LogP contribution in [0.25, 0.3) is 0 Å². The molecule has 0 aromatic heterocycles. The Morgan fingerprint density at radius 2 is 0.456 bits per heavy atom. The monoisotopic (exact) mass is 1110 g/mol. The highest BCUT2D eigenvalue weighted by molar-refractivity contribution is 5.71. The van der Waals surface area contributed by atoms with Crippen molar-refractivity contribution in [2.75, 3.05) is 13.2 Å². The van der Waals surface area contributed by atoms with Crippen LogP contribution in [0.1, 0.15) is 406 Å². The summed E-state index contributed by atoms with van der Waals surface area (Å²) in [6.45, 7) is 6.67. The molecule has 0 bridgehead atoms. The molecule has 0 amide bonds. The molecule has 79 heavy (non-hydrogen) atoms. The summed E-state index contributed by atoms with van der Waals surface area (Å²) in [6, 6.07) is 0. The van der Waals surface area contributed by atoms with Crippen molar-refractivity contribution in [2.45, 2.75) is 412 Å². The summed E-state index contributed by atoms with van der Waals surface area (Å²) in [5.74, 6) is -0.839. The first-order chi connectivity index (χ1) is 39.0. The molecule has 0 radical (unpaired) electrons. The summed E-state index contributed by atoms with van der Waals surface area (Å²) >= 11 is 0. The van der Waals surface area contributed by atoms with E-state index < -0.39 is 6.10 Å². The standard InChI is InChI=1S/C73H138O6/c1-4-7-10-13-16-18-20-22-24-26-28-30-32-33-34-35-36-37-38-39-41-42-44-46-48-50-52-54-57-60-63-66-72(75)78-69-70(68-77-71(74)65-62-59-56-15-12-9-6-3)79-73(76)67-64-61-58-55-53-51-49-47-45-43-40-31-29-27-25-23-21-19-17-14-11-8-5-2/h20,22,26,28,70H,4-19,21,23-25,27,29-69H2,1-3H3/b22-20-,28-26-. The molecule has 0 fully saturated rings. The first-order valence-corrected chi connectivity index (χ1v) is 35.8. The third-order valence-corrected chi connectivity index (χ3v) is 16.5. The zero-order valence-electron chi connectivity index (χ0n) is 53.7. The van der Waals surface area contributed by atoms with Gasteiger partial charge in [-0.1, -0.05) is 360 Å².